The Morgan fingerprint density at radius 3 is 2.77 bits per heavy atom. The van der Waals surface area contributed by atoms with E-state index in [1.54, 1.807) is 28.8 Å². The first-order valence-corrected chi connectivity index (χ1v) is 10.4. The van der Waals surface area contributed by atoms with Crippen LogP contribution in [0, 0.1) is 24.7 Å². The number of carbonyl (C=O) groups is 1. The fourth-order valence-electron chi connectivity index (χ4n) is 4.71. The number of ether oxygens (including phenoxy) is 1. The normalized spacial score (nSPS) is 25.9. The van der Waals surface area contributed by atoms with Gasteiger partial charge in [0.15, 0.2) is 0 Å². The first-order chi connectivity index (χ1) is 14.8. The van der Waals surface area contributed by atoms with E-state index < -0.39 is 12.3 Å². The maximum Gasteiger partial charge on any atom is 0.277 e. The van der Waals surface area contributed by atoms with E-state index in [-0.39, 0.29) is 35.4 Å². The highest BCUT2D eigenvalue weighted by atomic mass is 19.3. The molecule has 4 heterocycles. The molecule has 1 saturated heterocycles. The third-order valence-electron chi connectivity index (χ3n) is 6.46. The predicted octanol–water partition coefficient (Wildman–Crippen LogP) is 3.32. The lowest BCUT2D eigenvalue weighted by Gasteiger charge is -2.44. The Kier molecular flexibility index (Phi) is 5.72. The van der Waals surface area contributed by atoms with Crippen molar-refractivity contribution in [1.82, 2.24) is 24.6 Å². The molecule has 0 aromatic carbocycles. The number of fused-ring (bicyclic) bond motifs is 1. The zero-order valence-electron chi connectivity index (χ0n) is 18.0. The number of amides is 1. The Morgan fingerprint density at radius 1 is 1.29 bits per heavy atom. The van der Waals surface area contributed by atoms with Gasteiger partial charge in [-0.05, 0) is 25.3 Å². The average Bonchev–Trinajstić information content (AvgIpc) is 3.21. The maximum absolute atomic E-state index is 13.7. The molecule has 2 aliphatic heterocycles. The summed E-state index contributed by atoms with van der Waals surface area (Å²) in [5.74, 6) is 0.0830. The lowest BCUT2D eigenvalue weighted by Crippen LogP contribution is -2.49. The second-order valence-electron chi connectivity index (χ2n) is 8.33. The number of likely N-dealkylation sites (tertiary alicyclic amines) is 1. The lowest BCUT2D eigenvalue weighted by atomic mass is 9.75. The minimum Gasteiger partial charge on any atom is -0.494 e. The molecule has 2 aromatic rings. The van der Waals surface area contributed by atoms with Crippen LogP contribution in [0.4, 0.5) is 14.7 Å². The summed E-state index contributed by atoms with van der Waals surface area (Å²) >= 11 is 0. The number of methoxy groups -OCH3 is 1. The Morgan fingerprint density at radius 2 is 2.06 bits per heavy atom. The van der Waals surface area contributed by atoms with E-state index in [0.29, 0.717) is 24.4 Å². The molecule has 2 aliphatic rings. The number of aliphatic imine (C=N–C) groups is 1. The molecule has 2 unspecified atom stereocenters. The van der Waals surface area contributed by atoms with Crippen molar-refractivity contribution in [1.29, 1.82) is 0 Å². The molecule has 0 radical (unpaired) electrons. The zero-order valence-corrected chi connectivity index (χ0v) is 18.0. The summed E-state index contributed by atoms with van der Waals surface area (Å²) in [6.45, 7) is 6.68. The van der Waals surface area contributed by atoms with Gasteiger partial charge in [-0.1, -0.05) is 13.8 Å². The molecule has 2 aromatic heterocycles. The molecule has 0 spiro atoms. The number of pyridine rings is 1. The number of carbonyl (C=O) groups excluding carboxylic acids is 1. The molecule has 0 N–H and O–H groups in total. The van der Waals surface area contributed by atoms with Crippen LogP contribution in [-0.4, -0.2) is 62.9 Å². The number of aryl methyl sites for hydroxylation is 1. The van der Waals surface area contributed by atoms with Gasteiger partial charge in [0, 0.05) is 30.6 Å². The molecule has 31 heavy (non-hydrogen) atoms. The summed E-state index contributed by atoms with van der Waals surface area (Å²) in [6.07, 6.45) is 0.984. The van der Waals surface area contributed by atoms with Crippen molar-refractivity contribution >= 4 is 17.6 Å². The van der Waals surface area contributed by atoms with Crippen LogP contribution < -0.4 is 4.74 Å². The Labute approximate surface area is 179 Å². The highest BCUT2D eigenvalue weighted by Gasteiger charge is 2.44. The third kappa shape index (κ3) is 3.79. The predicted molar refractivity (Wildman–Crippen MR) is 110 cm³/mol. The van der Waals surface area contributed by atoms with Gasteiger partial charge < -0.3 is 9.64 Å². The van der Waals surface area contributed by atoms with Gasteiger partial charge in [0.25, 0.3) is 12.3 Å². The number of alkyl halides is 2. The fourth-order valence-corrected chi connectivity index (χ4v) is 4.71. The van der Waals surface area contributed by atoms with Crippen molar-refractivity contribution in [3.05, 3.63) is 29.8 Å². The molecule has 0 saturated carbocycles. The number of halogens is 2. The molecule has 4 rings (SSSR count). The molecule has 1 amide bonds. The number of rotatable bonds is 4. The molecule has 0 bridgehead atoms. The van der Waals surface area contributed by atoms with E-state index in [1.165, 1.54) is 13.4 Å². The van der Waals surface area contributed by atoms with Crippen LogP contribution in [0.25, 0.3) is 0 Å². The van der Waals surface area contributed by atoms with Crippen LogP contribution in [0.5, 0.6) is 5.75 Å². The summed E-state index contributed by atoms with van der Waals surface area (Å²) < 4.78 is 34.3. The highest BCUT2D eigenvalue weighted by molar-refractivity contribution is 5.97. The van der Waals surface area contributed by atoms with E-state index in [2.05, 4.69) is 27.0 Å². The molecule has 1 fully saturated rings. The van der Waals surface area contributed by atoms with Gasteiger partial charge in [-0.25, -0.2) is 18.5 Å². The standard InChI is InChI=1S/C21H26F2N6O2/c1-11-5-6-28(20(30)14-7-12(2)24-8-16(14)31-4)9-15(11)18-13(3)17(19(22)23)27-21-25-10-26-29(18)21/h7-8,10-11,13,15,18-19H,5-6,9H2,1-4H3/t11-,13?,15-,18?/m1/s1. The zero-order chi connectivity index (χ0) is 22.3. The summed E-state index contributed by atoms with van der Waals surface area (Å²) in [5.41, 5.74) is 1.00. The minimum atomic E-state index is -2.66. The van der Waals surface area contributed by atoms with Gasteiger partial charge in [-0.15, -0.1) is 0 Å². The smallest absolute Gasteiger partial charge is 0.277 e. The van der Waals surface area contributed by atoms with Crippen molar-refractivity contribution in [2.24, 2.45) is 22.7 Å². The van der Waals surface area contributed by atoms with Crippen LogP contribution in [0.15, 0.2) is 23.6 Å². The largest absolute Gasteiger partial charge is 0.494 e. The summed E-state index contributed by atoms with van der Waals surface area (Å²) in [5, 5.41) is 4.28. The maximum atomic E-state index is 13.7. The summed E-state index contributed by atoms with van der Waals surface area (Å²) in [6, 6.07) is 1.36. The Hall–Kier alpha value is -2.91. The van der Waals surface area contributed by atoms with Gasteiger partial charge in [-0.3, -0.25) is 9.78 Å². The quantitative estimate of drug-likeness (QED) is 0.740. The Balaban J connectivity index is 1.65. The van der Waals surface area contributed by atoms with Gasteiger partial charge >= 0.3 is 0 Å². The van der Waals surface area contributed by atoms with E-state index in [0.717, 1.165) is 12.1 Å². The van der Waals surface area contributed by atoms with Gasteiger partial charge in [0.05, 0.1) is 30.6 Å². The Bertz CT molecular complexity index is 1010. The second-order valence-corrected chi connectivity index (χ2v) is 8.33. The van der Waals surface area contributed by atoms with Gasteiger partial charge in [0.1, 0.15) is 12.1 Å². The van der Waals surface area contributed by atoms with Crippen molar-refractivity contribution in [2.45, 2.75) is 39.7 Å². The molecule has 10 heteroatoms. The van der Waals surface area contributed by atoms with E-state index in [9.17, 15) is 13.6 Å². The molecular weight excluding hydrogens is 406 g/mol. The van der Waals surface area contributed by atoms with Crippen molar-refractivity contribution in [3.8, 4) is 5.75 Å². The van der Waals surface area contributed by atoms with Crippen LogP contribution in [0.2, 0.25) is 0 Å². The SMILES string of the molecule is COc1cnc(C)cc1C(=O)N1CC[C@@H](C)[C@H](C2C(C)C(C(F)F)=Nc3ncnn32)C1. The molecular formula is C21H26F2N6O2. The van der Waals surface area contributed by atoms with Crippen molar-refractivity contribution in [2.75, 3.05) is 20.2 Å². The van der Waals surface area contributed by atoms with Crippen LogP contribution in [0.1, 0.15) is 42.4 Å². The van der Waals surface area contributed by atoms with E-state index in [1.807, 2.05) is 6.92 Å². The van der Waals surface area contributed by atoms with Crippen LogP contribution >= 0.6 is 0 Å². The van der Waals surface area contributed by atoms with Crippen LogP contribution in [0.3, 0.4) is 0 Å². The topological polar surface area (TPSA) is 85.5 Å². The average molecular weight is 432 g/mol. The summed E-state index contributed by atoms with van der Waals surface area (Å²) in [7, 11) is 1.51. The minimum absolute atomic E-state index is 0.0775. The lowest BCUT2D eigenvalue weighted by molar-refractivity contribution is 0.0470. The summed E-state index contributed by atoms with van der Waals surface area (Å²) in [4.78, 5) is 27.4. The molecule has 8 nitrogen and oxygen atoms in total. The fraction of sp³-hybridized carbons (Fsp3) is 0.571. The molecule has 4 atom stereocenters. The van der Waals surface area contributed by atoms with Crippen molar-refractivity contribution in [3.63, 3.8) is 0 Å². The second kappa shape index (κ2) is 8.32. The number of piperidine rings is 1. The number of nitrogens with zero attached hydrogens (tertiary/aromatic N) is 6. The highest BCUT2D eigenvalue weighted by Crippen LogP contribution is 2.42. The van der Waals surface area contributed by atoms with E-state index in [4.69, 9.17) is 4.74 Å². The first kappa shape index (κ1) is 21.3. The first-order valence-electron chi connectivity index (χ1n) is 10.4. The van der Waals surface area contributed by atoms with Gasteiger partial charge in [0.2, 0.25) is 5.95 Å². The van der Waals surface area contributed by atoms with Crippen molar-refractivity contribution < 1.29 is 18.3 Å². The van der Waals surface area contributed by atoms with E-state index >= 15 is 0 Å². The third-order valence-corrected chi connectivity index (χ3v) is 6.46. The molecule has 0 aliphatic carbocycles. The number of hydrogen-bond donors (Lipinski definition) is 0. The van der Waals surface area contributed by atoms with Crippen LogP contribution in [-0.2, 0) is 0 Å². The number of hydrogen-bond acceptors (Lipinski definition) is 6. The number of aromatic nitrogens is 4. The monoisotopic (exact) mass is 432 g/mol. The molecule has 166 valence electrons. The van der Waals surface area contributed by atoms with Gasteiger partial charge in [-0.2, -0.15) is 10.1 Å².